The normalized spacial score (nSPS) is 19.7. The Balaban J connectivity index is 1.86. The Bertz CT molecular complexity index is 212. The number of nitrogens with zero attached hydrogens (tertiary/aromatic N) is 1. The Hall–Kier alpha value is -0.760. The second-order valence-corrected chi connectivity index (χ2v) is 3.38. The van der Waals surface area contributed by atoms with Crippen LogP contribution in [0.3, 0.4) is 0 Å². The molecule has 2 nitrogen and oxygen atoms in total. The van der Waals surface area contributed by atoms with E-state index in [1.165, 1.54) is 37.9 Å². The summed E-state index contributed by atoms with van der Waals surface area (Å²) in [7, 11) is 0. The van der Waals surface area contributed by atoms with Crippen LogP contribution in [0.1, 0.15) is 24.8 Å². The molecule has 2 heteroatoms. The van der Waals surface area contributed by atoms with Gasteiger partial charge in [-0.2, -0.15) is 0 Å². The monoisotopic (exact) mass is 164 g/mol. The molecular formula is C10H14NO. The predicted octanol–water partition coefficient (Wildman–Crippen LogP) is 2.07. The summed E-state index contributed by atoms with van der Waals surface area (Å²) in [4.78, 5) is 2.46. The highest BCUT2D eigenvalue weighted by atomic mass is 16.3. The number of furan rings is 1. The highest BCUT2D eigenvalue weighted by Gasteiger charge is 2.10. The van der Waals surface area contributed by atoms with Crippen molar-refractivity contribution in [3.05, 3.63) is 24.2 Å². The van der Waals surface area contributed by atoms with Crippen LogP contribution in [0.5, 0.6) is 0 Å². The summed E-state index contributed by atoms with van der Waals surface area (Å²) < 4.78 is 4.90. The van der Waals surface area contributed by atoms with Crippen LogP contribution in [0.2, 0.25) is 0 Å². The third-order valence-corrected chi connectivity index (χ3v) is 2.37. The number of likely N-dealkylation sites (tertiary alicyclic amines) is 1. The summed E-state index contributed by atoms with van der Waals surface area (Å²) >= 11 is 0. The number of hydrogen-bond donors (Lipinski definition) is 0. The van der Waals surface area contributed by atoms with Gasteiger partial charge in [0.05, 0.1) is 6.26 Å². The first-order valence-corrected chi connectivity index (χ1v) is 4.61. The van der Waals surface area contributed by atoms with Gasteiger partial charge in [0.15, 0.2) is 6.26 Å². The molecule has 1 aliphatic heterocycles. The molecule has 1 aromatic heterocycles. The van der Waals surface area contributed by atoms with Crippen molar-refractivity contribution >= 4 is 0 Å². The molecule has 2 rings (SSSR count). The molecule has 0 N–H and O–H groups in total. The maximum atomic E-state index is 4.90. The van der Waals surface area contributed by atoms with E-state index in [4.69, 9.17) is 4.42 Å². The second kappa shape index (κ2) is 3.76. The van der Waals surface area contributed by atoms with Gasteiger partial charge in [-0.1, -0.05) is 6.42 Å². The van der Waals surface area contributed by atoms with Crippen molar-refractivity contribution in [1.29, 1.82) is 0 Å². The Labute approximate surface area is 73.2 Å². The van der Waals surface area contributed by atoms with Crippen molar-refractivity contribution < 1.29 is 4.42 Å². The fraction of sp³-hybridized carbons (Fsp3) is 0.600. The molecule has 2 heterocycles. The van der Waals surface area contributed by atoms with E-state index in [9.17, 15) is 0 Å². The Morgan fingerprint density at radius 3 is 2.83 bits per heavy atom. The highest BCUT2D eigenvalue weighted by molar-refractivity contribution is 5.03. The number of rotatable bonds is 2. The SMILES string of the molecule is [c]1occc1CN1CCCCC1. The largest absolute Gasteiger partial charge is 0.461 e. The summed E-state index contributed by atoms with van der Waals surface area (Å²) in [6.45, 7) is 3.48. The van der Waals surface area contributed by atoms with E-state index in [0.717, 1.165) is 6.54 Å². The van der Waals surface area contributed by atoms with Crippen molar-refractivity contribution in [3.8, 4) is 0 Å². The van der Waals surface area contributed by atoms with Crippen molar-refractivity contribution in [1.82, 2.24) is 4.90 Å². The first kappa shape index (κ1) is 7.87. The second-order valence-electron chi connectivity index (χ2n) is 3.38. The molecule has 0 saturated carbocycles. The third kappa shape index (κ3) is 1.89. The van der Waals surface area contributed by atoms with E-state index in [2.05, 4.69) is 11.2 Å². The average Bonchev–Trinajstić information content (AvgIpc) is 2.59. The topological polar surface area (TPSA) is 16.4 Å². The van der Waals surface area contributed by atoms with E-state index in [0.29, 0.717) is 0 Å². The summed E-state index contributed by atoms with van der Waals surface area (Å²) in [6.07, 6.45) is 8.65. The van der Waals surface area contributed by atoms with Crippen LogP contribution in [0.25, 0.3) is 0 Å². The molecule has 0 aromatic carbocycles. The van der Waals surface area contributed by atoms with Crippen LogP contribution < -0.4 is 0 Å². The lowest BCUT2D eigenvalue weighted by Gasteiger charge is -2.25. The van der Waals surface area contributed by atoms with Crippen LogP contribution in [-0.2, 0) is 6.54 Å². The Morgan fingerprint density at radius 2 is 2.17 bits per heavy atom. The minimum atomic E-state index is 1.01. The zero-order chi connectivity index (χ0) is 8.23. The van der Waals surface area contributed by atoms with Gasteiger partial charge in [-0.25, -0.2) is 0 Å². The molecule has 1 radical (unpaired) electrons. The van der Waals surface area contributed by atoms with Gasteiger partial charge < -0.3 is 4.42 Å². The van der Waals surface area contributed by atoms with Crippen LogP contribution >= 0.6 is 0 Å². The number of piperidine rings is 1. The summed E-state index contributed by atoms with van der Waals surface area (Å²) in [5, 5.41) is 0. The lowest BCUT2D eigenvalue weighted by atomic mass is 10.1. The van der Waals surface area contributed by atoms with E-state index < -0.39 is 0 Å². The van der Waals surface area contributed by atoms with Gasteiger partial charge >= 0.3 is 0 Å². The van der Waals surface area contributed by atoms with Gasteiger partial charge in [-0.05, 0) is 32.0 Å². The summed E-state index contributed by atoms with van der Waals surface area (Å²) in [5.41, 5.74) is 1.18. The van der Waals surface area contributed by atoms with Crippen LogP contribution in [0.4, 0.5) is 0 Å². The van der Waals surface area contributed by atoms with Crippen molar-refractivity contribution in [2.45, 2.75) is 25.8 Å². The smallest absolute Gasteiger partial charge is 0.173 e. The molecular weight excluding hydrogens is 150 g/mol. The third-order valence-electron chi connectivity index (χ3n) is 2.37. The molecule has 0 atom stereocenters. The standard InChI is InChI=1S/C10H14NO/c1-2-5-11(6-3-1)8-10-4-7-12-9-10/h4,7H,1-3,5-6,8H2. The summed E-state index contributed by atoms with van der Waals surface area (Å²) in [6, 6.07) is 1.99. The molecule has 0 amide bonds. The van der Waals surface area contributed by atoms with E-state index >= 15 is 0 Å². The Kier molecular flexibility index (Phi) is 2.47. The van der Waals surface area contributed by atoms with Crippen LogP contribution in [-0.4, -0.2) is 18.0 Å². The predicted molar refractivity (Wildman–Crippen MR) is 46.7 cm³/mol. The van der Waals surface area contributed by atoms with Gasteiger partial charge in [0, 0.05) is 12.1 Å². The molecule has 1 aliphatic rings. The molecule has 0 aliphatic carbocycles. The van der Waals surface area contributed by atoms with Gasteiger partial charge in [0.25, 0.3) is 0 Å². The lowest BCUT2D eigenvalue weighted by Crippen LogP contribution is -2.28. The molecule has 65 valence electrons. The lowest BCUT2D eigenvalue weighted by molar-refractivity contribution is 0.220. The van der Waals surface area contributed by atoms with Crippen LogP contribution in [0.15, 0.2) is 16.7 Å². The molecule has 1 fully saturated rings. The number of hydrogen-bond acceptors (Lipinski definition) is 2. The van der Waals surface area contributed by atoms with Crippen LogP contribution in [0, 0.1) is 6.26 Å². The first-order valence-electron chi connectivity index (χ1n) is 4.61. The molecule has 1 aromatic rings. The minimum absolute atomic E-state index is 1.01. The van der Waals surface area contributed by atoms with Gasteiger partial charge in [0.1, 0.15) is 0 Å². The zero-order valence-electron chi connectivity index (χ0n) is 7.25. The first-order chi connectivity index (χ1) is 5.95. The summed E-state index contributed by atoms with van der Waals surface area (Å²) in [5.74, 6) is 0. The molecule has 0 spiro atoms. The van der Waals surface area contributed by atoms with Gasteiger partial charge in [-0.3, -0.25) is 4.90 Å². The van der Waals surface area contributed by atoms with Crippen molar-refractivity contribution in [2.75, 3.05) is 13.1 Å². The van der Waals surface area contributed by atoms with Crippen molar-refractivity contribution in [2.24, 2.45) is 0 Å². The fourth-order valence-corrected chi connectivity index (χ4v) is 1.70. The van der Waals surface area contributed by atoms with E-state index in [1.54, 1.807) is 6.26 Å². The van der Waals surface area contributed by atoms with Gasteiger partial charge in [-0.15, -0.1) is 0 Å². The molecule has 12 heavy (non-hydrogen) atoms. The zero-order valence-corrected chi connectivity index (χ0v) is 7.25. The average molecular weight is 164 g/mol. The fourth-order valence-electron chi connectivity index (χ4n) is 1.70. The molecule has 0 unspecified atom stereocenters. The minimum Gasteiger partial charge on any atom is -0.461 e. The van der Waals surface area contributed by atoms with E-state index in [-0.39, 0.29) is 0 Å². The van der Waals surface area contributed by atoms with Gasteiger partial charge in [0.2, 0.25) is 0 Å². The highest BCUT2D eigenvalue weighted by Crippen LogP contribution is 2.12. The van der Waals surface area contributed by atoms with E-state index in [1.807, 2.05) is 6.07 Å². The Morgan fingerprint density at radius 1 is 1.33 bits per heavy atom. The molecule has 1 saturated heterocycles. The maximum Gasteiger partial charge on any atom is 0.173 e. The maximum absolute atomic E-state index is 4.90. The van der Waals surface area contributed by atoms with Crippen molar-refractivity contribution in [3.63, 3.8) is 0 Å². The quantitative estimate of drug-likeness (QED) is 0.665. The molecule has 0 bridgehead atoms.